The predicted molar refractivity (Wildman–Crippen MR) is 83.7 cm³/mol. The third-order valence-corrected chi connectivity index (χ3v) is 4.38. The molecule has 1 rings (SSSR count). The SMILES string of the molecule is CCCCCCC(C)OC1(CNCC)CCCCC1. The molecule has 0 spiro atoms. The summed E-state index contributed by atoms with van der Waals surface area (Å²) in [7, 11) is 0. The largest absolute Gasteiger partial charge is 0.371 e. The van der Waals surface area contributed by atoms with Crippen molar-refractivity contribution in [3.63, 3.8) is 0 Å². The predicted octanol–water partition coefficient (Wildman–Crippen LogP) is 4.67. The van der Waals surface area contributed by atoms with Crippen LogP contribution in [0.1, 0.15) is 85.0 Å². The van der Waals surface area contributed by atoms with Gasteiger partial charge in [-0.1, -0.05) is 58.8 Å². The van der Waals surface area contributed by atoms with Crippen LogP contribution in [0.15, 0.2) is 0 Å². The number of ether oxygens (including phenoxy) is 1. The summed E-state index contributed by atoms with van der Waals surface area (Å²) in [4.78, 5) is 0. The van der Waals surface area contributed by atoms with Crippen molar-refractivity contribution in [2.75, 3.05) is 13.1 Å². The van der Waals surface area contributed by atoms with Crippen LogP contribution in [0.2, 0.25) is 0 Å². The maximum Gasteiger partial charge on any atom is 0.0809 e. The van der Waals surface area contributed by atoms with Gasteiger partial charge in [-0.15, -0.1) is 0 Å². The first kappa shape index (κ1) is 17.0. The standard InChI is InChI=1S/C17H35NO/c1-4-6-7-9-12-16(3)19-17(15-18-5-2)13-10-8-11-14-17/h16,18H,4-15H2,1-3H3. The number of likely N-dealkylation sites (N-methyl/N-ethyl adjacent to an activating group) is 1. The lowest BCUT2D eigenvalue weighted by atomic mass is 9.84. The molecule has 0 radical (unpaired) electrons. The van der Waals surface area contributed by atoms with Crippen molar-refractivity contribution in [3.8, 4) is 0 Å². The van der Waals surface area contributed by atoms with E-state index >= 15 is 0 Å². The Morgan fingerprint density at radius 3 is 2.42 bits per heavy atom. The minimum absolute atomic E-state index is 0.137. The summed E-state index contributed by atoms with van der Waals surface area (Å²) >= 11 is 0. The Bertz CT molecular complexity index is 211. The molecule has 1 atom stereocenters. The first-order valence-electron chi connectivity index (χ1n) is 8.61. The summed E-state index contributed by atoms with van der Waals surface area (Å²) in [5.41, 5.74) is 0.137. The summed E-state index contributed by atoms with van der Waals surface area (Å²) in [6.07, 6.45) is 13.6. The van der Waals surface area contributed by atoms with E-state index in [0.717, 1.165) is 13.1 Å². The summed E-state index contributed by atoms with van der Waals surface area (Å²) in [5, 5.41) is 3.52. The molecule has 0 amide bonds. The van der Waals surface area contributed by atoms with Gasteiger partial charge in [0.05, 0.1) is 11.7 Å². The molecule has 0 aromatic rings. The Morgan fingerprint density at radius 2 is 1.79 bits per heavy atom. The molecule has 0 aromatic heterocycles. The molecule has 1 saturated carbocycles. The van der Waals surface area contributed by atoms with Gasteiger partial charge in [0.2, 0.25) is 0 Å². The molecule has 2 heteroatoms. The summed E-state index contributed by atoms with van der Waals surface area (Å²) in [6.45, 7) is 8.82. The highest BCUT2D eigenvalue weighted by atomic mass is 16.5. The van der Waals surface area contributed by atoms with Gasteiger partial charge in [0, 0.05) is 6.54 Å². The van der Waals surface area contributed by atoms with Crippen LogP contribution in [-0.4, -0.2) is 24.8 Å². The molecule has 1 aliphatic carbocycles. The fourth-order valence-electron chi connectivity index (χ4n) is 3.23. The average Bonchev–Trinajstić information content (AvgIpc) is 2.42. The molecule has 1 aliphatic rings. The molecule has 1 N–H and O–H groups in total. The van der Waals surface area contributed by atoms with Crippen LogP contribution in [0.3, 0.4) is 0 Å². The lowest BCUT2D eigenvalue weighted by Gasteiger charge is -2.39. The van der Waals surface area contributed by atoms with E-state index in [9.17, 15) is 0 Å². The molecule has 1 unspecified atom stereocenters. The first-order valence-corrected chi connectivity index (χ1v) is 8.61. The van der Waals surface area contributed by atoms with E-state index in [1.54, 1.807) is 0 Å². The van der Waals surface area contributed by atoms with Crippen LogP contribution >= 0.6 is 0 Å². The molecule has 114 valence electrons. The molecular weight excluding hydrogens is 234 g/mol. The molecular formula is C17H35NO. The maximum atomic E-state index is 6.50. The van der Waals surface area contributed by atoms with E-state index in [2.05, 4.69) is 26.1 Å². The second-order valence-corrected chi connectivity index (χ2v) is 6.30. The lowest BCUT2D eigenvalue weighted by Crippen LogP contribution is -2.46. The zero-order chi connectivity index (χ0) is 14.0. The van der Waals surface area contributed by atoms with Gasteiger partial charge in [0.25, 0.3) is 0 Å². The fourth-order valence-corrected chi connectivity index (χ4v) is 3.23. The number of hydrogen-bond acceptors (Lipinski definition) is 2. The fraction of sp³-hybridized carbons (Fsp3) is 1.00. The van der Waals surface area contributed by atoms with E-state index in [1.807, 2.05) is 0 Å². The molecule has 0 aliphatic heterocycles. The van der Waals surface area contributed by atoms with Crippen molar-refractivity contribution < 1.29 is 4.74 Å². The molecule has 2 nitrogen and oxygen atoms in total. The average molecular weight is 269 g/mol. The summed E-state index contributed by atoms with van der Waals surface area (Å²) in [6, 6.07) is 0. The highest BCUT2D eigenvalue weighted by molar-refractivity contribution is 4.87. The Morgan fingerprint density at radius 1 is 1.05 bits per heavy atom. The molecule has 0 aromatic carbocycles. The van der Waals surface area contributed by atoms with Gasteiger partial charge in [-0.3, -0.25) is 0 Å². The zero-order valence-electron chi connectivity index (χ0n) is 13.5. The smallest absolute Gasteiger partial charge is 0.0809 e. The van der Waals surface area contributed by atoms with Gasteiger partial charge in [-0.25, -0.2) is 0 Å². The second-order valence-electron chi connectivity index (χ2n) is 6.30. The van der Waals surface area contributed by atoms with Crippen molar-refractivity contribution in [2.24, 2.45) is 0 Å². The summed E-state index contributed by atoms with van der Waals surface area (Å²) < 4.78 is 6.50. The van der Waals surface area contributed by atoms with Crippen LogP contribution in [0.4, 0.5) is 0 Å². The Hall–Kier alpha value is -0.0800. The second kappa shape index (κ2) is 9.77. The minimum atomic E-state index is 0.137. The van der Waals surface area contributed by atoms with Crippen molar-refractivity contribution in [2.45, 2.75) is 96.7 Å². The lowest BCUT2D eigenvalue weighted by molar-refractivity contribution is -0.108. The van der Waals surface area contributed by atoms with Crippen LogP contribution < -0.4 is 5.32 Å². The highest BCUT2D eigenvalue weighted by Gasteiger charge is 2.33. The van der Waals surface area contributed by atoms with E-state index in [4.69, 9.17) is 4.74 Å². The van der Waals surface area contributed by atoms with Crippen LogP contribution in [0.5, 0.6) is 0 Å². The third kappa shape index (κ3) is 6.76. The van der Waals surface area contributed by atoms with E-state index < -0.39 is 0 Å². The highest BCUT2D eigenvalue weighted by Crippen LogP contribution is 2.33. The molecule has 1 fully saturated rings. The van der Waals surface area contributed by atoms with Crippen molar-refractivity contribution >= 4 is 0 Å². The van der Waals surface area contributed by atoms with Gasteiger partial charge < -0.3 is 10.1 Å². The van der Waals surface area contributed by atoms with Crippen LogP contribution in [0.25, 0.3) is 0 Å². The quantitative estimate of drug-likeness (QED) is 0.582. The molecule has 0 saturated heterocycles. The van der Waals surface area contributed by atoms with Crippen molar-refractivity contribution in [3.05, 3.63) is 0 Å². The number of hydrogen-bond donors (Lipinski definition) is 1. The van der Waals surface area contributed by atoms with Gasteiger partial charge >= 0.3 is 0 Å². The van der Waals surface area contributed by atoms with Crippen LogP contribution in [0, 0.1) is 0 Å². The molecule has 0 heterocycles. The maximum absolute atomic E-state index is 6.50. The van der Waals surface area contributed by atoms with Gasteiger partial charge in [0.1, 0.15) is 0 Å². The van der Waals surface area contributed by atoms with Crippen LogP contribution in [-0.2, 0) is 4.74 Å². The van der Waals surface area contributed by atoms with Gasteiger partial charge in [-0.2, -0.15) is 0 Å². The van der Waals surface area contributed by atoms with Crippen molar-refractivity contribution in [1.82, 2.24) is 5.32 Å². The zero-order valence-corrected chi connectivity index (χ0v) is 13.5. The topological polar surface area (TPSA) is 21.3 Å². The van der Waals surface area contributed by atoms with Gasteiger partial charge in [-0.05, 0) is 32.7 Å². The van der Waals surface area contributed by atoms with Crippen molar-refractivity contribution in [1.29, 1.82) is 0 Å². The number of nitrogens with one attached hydrogen (secondary N) is 1. The molecule has 19 heavy (non-hydrogen) atoms. The van der Waals surface area contributed by atoms with E-state index in [0.29, 0.717) is 6.10 Å². The summed E-state index contributed by atoms with van der Waals surface area (Å²) in [5.74, 6) is 0. The number of unbranched alkanes of at least 4 members (excludes halogenated alkanes) is 3. The molecule has 0 bridgehead atoms. The Balaban J connectivity index is 2.33. The minimum Gasteiger partial charge on any atom is -0.371 e. The normalized spacial score (nSPS) is 20.4. The number of rotatable bonds is 10. The van der Waals surface area contributed by atoms with E-state index in [-0.39, 0.29) is 5.60 Å². The van der Waals surface area contributed by atoms with Gasteiger partial charge in [0.15, 0.2) is 0 Å². The first-order chi connectivity index (χ1) is 9.22. The van der Waals surface area contributed by atoms with E-state index in [1.165, 1.54) is 64.2 Å². The third-order valence-electron chi connectivity index (χ3n) is 4.38. The Kier molecular flexibility index (Phi) is 8.72. The monoisotopic (exact) mass is 269 g/mol. The Labute approximate surface area is 120 Å².